The van der Waals surface area contributed by atoms with Crippen LogP contribution in [0.25, 0.3) is 0 Å². The van der Waals surface area contributed by atoms with Gasteiger partial charge in [-0.05, 0) is 32.4 Å². The number of rotatable bonds is 6. The van der Waals surface area contributed by atoms with E-state index in [1.807, 2.05) is 20.8 Å². The molecule has 0 bridgehead atoms. The van der Waals surface area contributed by atoms with Crippen molar-refractivity contribution in [3.05, 3.63) is 17.7 Å². The molecule has 0 aliphatic rings. The van der Waals surface area contributed by atoms with Crippen LogP contribution < -0.4 is 9.47 Å². The summed E-state index contributed by atoms with van der Waals surface area (Å²) in [5.74, 6) is 0.920. The van der Waals surface area contributed by atoms with Gasteiger partial charge in [-0.1, -0.05) is 0 Å². The minimum atomic E-state index is -3.56. The van der Waals surface area contributed by atoms with Gasteiger partial charge in [-0.15, -0.1) is 0 Å². The monoisotopic (exact) mass is 287 g/mol. The number of ether oxygens (including phenoxy) is 2. The molecule has 6 heteroatoms. The summed E-state index contributed by atoms with van der Waals surface area (Å²) in [6.45, 7) is 6.42. The van der Waals surface area contributed by atoms with E-state index in [-0.39, 0.29) is 4.90 Å². The molecule has 1 aromatic carbocycles. The van der Waals surface area contributed by atoms with Crippen molar-refractivity contribution in [2.24, 2.45) is 0 Å². The molecule has 1 rings (SSSR count). The maximum Gasteiger partial charge on any atom is 0.246 e. The lowest BCUT2D eigenvalue weighted by molar-refractivity contribution is 0.320. The summed E-state index contributed by atoms with van der Waals surface area (Å²) in [7, 11) is -0.576. The number of aryl methyl sites for hydroxylation is 1. The lowest BCUT2D eigenvalue weighted by Gasteiger charge is -2.18. The van der Waals surface area contributed by atoms with Crippen LogP contribution in [-0.4, -0.2) is 40.0 Å². The SMILES string of the molecule is CCOc1cc(S(=O)(=O)N(C)C)c(OCC)cc1C. The number of hydrogen-bond acceptors (Lipinski definition) is 4. The van der Waals surface area contributed by atoms with Crippen molar-refractivity contribution in [2.45, 2.75) is 25.7 Å². The summed E-state index contributed by atoms with van der Waals surface area (Å²) in [5.41, 5.74) is 0.850. The fraction of sp³-hybridized carbons (Fsp3) is 0.538. The largest absolute Gasteiger partial charge is 0.494 e. The molecule has 108 valence electrons. The third-order valence-electron chi connectivity index (χ3n) is 2.60. The Kier molecular flexibility index (Phi) is 5.20. The van der Waals surface area contributed by atoms with Crippen LogP contribution in [0.15, 0.2) is 17.0 Å². The van der Waals surface area contributed by atoms with Crippen LogP contribution in [0.4, 0.5) is 0 Å². The first-order valence-corrected chi connectivity index (χ1v) is 7.61. The van der Waals surface area contributed by atoms with Crippen LogP contribution in [0.5, 0.6) is 11.5 Å². The smallest absolute Gasteiger partial charge is 0.246 e. The van der Waals surface area contributed by atoms with Crippen molar-refractivity contribution >= 4 is 10.0 Å². The third kappa shape index (κ3) is 3.39. The molecule has 0 aromatic heterocycles. The van der Waals surface area contributed by atoms with Crippen molar-refractivity contribution < 1.29 is 17.9 Å². The second-order valence-corrected chi connectivity index (χ2v) is 6.34. The van der Waals surface area contributed by atoms with E-state index >= 15 is 0 Å². The average Bonchev–Trinajstić information content (AvgIpc) is 2.32. The number of hydrogen-bond donors (Lipinski definition) is 0. The van der Waals surface area contributed by atoms with Crippen LogP contribution in [0.1, 0.15) is 19.4 Å². The first-order valence-electron chi connectivity index (χ1n) is 6.17. The molecule has 0 radical (unpaired) electrons. The molecule has 1 aromatic rings. The Morgan fingerprint density at radius 2 is 1.58 bits per heavy atom. The molecule has 0 fully saturated rings. The van der Waals surface area contributed by atoms with E-state index in [1.165, 1.54) is 20.2 Å². The molecule has 0 amide bonds. The van der Waals surface area contributed by atoms with Gasteiger partial charge in [0.2, 0.25) is 10.0 Å². The summed E-state index contributed by atoms with van der Waals surface area (Å²) >= 11 is 0. The zero-order valence-electron chi connectivity index (χ0n) is 12.1. The maximum absolute atomic E-state index is 12.3. The quantitative estimate of drug-likeness (QED) is 0.803. The highest BCUT2D eigenvalue weighted by atomic mass is 32.2. The van der Waals surface area contributed by atoms with E-state index < -0.39 is 10.0 Å². The van der Waals surface area contributed by atoms with Gasteiger partial charge in [0.25, 0.3) is 0 Å². The lowest BCUT2D eigenvalue weighted by atomic mass is 10.2. The van der Waals surface area contributed by atoms with Gasteiger partial charge < -0.3 is 9.47 Å². The van der Waals surface area contributed by atoms with Gasteiger partial charge in [-0.3, -0.25) is 0 Å². The van der Waals surface area contributed by atoms with Crippen molar-refractivity contribution in [3.8, 4) is 11.5 Å². The first kappa shape index (κ1) is 15.8. The lowest BCUT2D eigenvalue weighted by Crippen LogP contribution is -2.23. The van der Waals surface area contributed by atoms with Crippen molar-refractivity contribution in [1.82, 2.24) is 4.31 Å². The standard InChI is InChI=1S/C13H21NO4S/c1-6-17-11-9-13(19(15,16)14(4)5)12(18-7-2)8-10(11)3/h8-9H,6-7H2,1-5H3. The molecule has 0 aliphatic carbocycles. The second-order valence-electron chi connectivity index (χ2n) is 4.22. The number of benzene rings is 1. The van der Waals surface area contributed by atoms with Gasteiger partial charge in [0.05, 0.1) is 13.2 Å². The molecule has 0 unspecified atom stereocenters. The van der Waals surface area contributed by atoms with Gasteiger partial charge in [0, 0.05) is 20.2 Å². The molecule has 0 heterocycles. The minimum Gasteiger partial charge on any atom is -0.494 e. The zero-order valence-corrected chi connectivity index (χ0v) is 12.9. The molecule has 0 spiro atoms. The molecule has 19 heavy (non-hydrogen) atoms. The Labute approximate surface area is 115 Å². The fourth-order valence-electron chi connectivity index (χ4n) is 1.62. The predicted molar refractivity (Wildman–Crippen MR) is 74.4 cm³/mol. The Hall–Kier alpha value is -1.27. The van der Waals surface area contributed by atoms with Crippen LogP contribution in [0.2, 0.25) is 0 Å². The zero-order chi connectivity index (χ0) is 14.6. The van der Waals surface area contributed by atoms with Crippen molar-refractivity contribution in [3.63, 3.8) is 0 Å². The van der Waals surface area contributed by atoms with Crippen molar-refractivity contribution in [1.29, 1.82) is 0 Å². The Bertz CT molecular complexity index is 538. The molecule has 0 saturated heterocycles. The first-order chi connectivity index (χ1) is 8.84. The van der Waals surface area contributed by atoms with Gasteiger partial charge in [0.15, 0.2) is 0 Å². The Balaban J connectivity index is 3.45. The van der Waals surface area contributed by atoms with E-state index in [1.54, 1.807) is 6.07 Å². The number of sulfonamides is 1. The van der Waals surface area contributed by atoms with Gasteiger partial charge in [-0.25, -0.2) is 12.7 Å². The average molecular weight is 287 g/mol. The normalized spacial score (nSPS) is 11.7. The van der Waals surface area contributed by atoms with Gasteiger partial charge in [-0.2, -0.15) is 0 Å². The van der Waals surface area contributed by atoms with E-state index in [9.17, 15) is 8.42 Å². The van der Waals surface area contributed by atoms with E-state index in [0.29, 0.717) is 24.7 Å². The summed E-state index contributed by atoms with van der Waals surface area (Å²) in [4.78, 5) is 0.133. The highest BCUT2D eigenvalue weighted by molar-refractivity contribution is 7.89. The summed E-state index contributed by atoms with van der Waals surface area (Å²) < 4.78 is 36.6. The van der Waals surface area contributed by atoms with Crippen LogP contribution in [-0.2, 0) is 10.0 Å². The fourth-order valence-corrected chi connectivity index (χ4v) is 2.64. The highest BCUT2D eigenvalue weighted by Gasteiger charge is 2.24. The van der Waals surface area contributed by atoms with Crippen LogP contribution >= 0.6 is 0 Å². The molecular weight excluding hydrogens is 266 g/mol. The summed E-state index contributed by atoms with van der Waals surface area (Å²) in [5, 5.41) is 0. The molecule has 0 atom stereocenters. The van der Waals surface area contributed by atoms with E-state index in [4.69, 9.17) is 9.47 Å². The predicted octanol–water partition coefficient (Wildman–Crippen LogP) is 2.04. The minimum absolute atomic E-state index is 0.133. The molecule has 5 nitrogen and oxygen atoms in total. The number of nitrogens with zero attached hydrogens (tertiary/aromatic N) is 1. The highest BCUT2D eigenvalue weighted by Crippen LogP contribution is 2.33. The summed E-state index contributed by atoms with van der Waals surface area (Å²) in [6, 6.07) is 3.23. The molecule has 0 saturated carbocycles. The van der Waals surface area contributed by atoms with Crippen LogP contribution in [0.3, 0.4) is 0 Å². The second kappa shape index (κ2) is 6.25. The van der Waals surface area contributed by atoms with Gasteiger partial charge >= 0.3 is 0 Å². The Morgan fingerprint density at radius 3 is 2.05 bits per heavy atom. The maximum atomic E-state index is 12.3. The third-order valence-corrected chi connectivity index (χ3v) is 4.44. The summed E-state index contributed by atoms with van der Waals surface area (Å²) in [6.07, 6.45) is 0. The van der Waals surface area contributed by atoms with E-state index in [0.717, 1.165) is 9.87 Å². The van der Waals surface area contributed by atoms with E-state index in [2.05, 4.69) is 0 Å². The molecular formula is C13H21NO4S. The topological polar surface area (TPSA) is 55.8 Å². The van der Waals surface area contributed by atoms with Crippen LogP contribution in [0, 0.1) is 6.92 Å². The van der Waals surface area contributed by atoms with Crippen molar-refractivity contribution in [2.75, 3.05) is 27.3 Å². The molecule has 0 aliphatic heterocycles. The Morgan fingerprint density at radius 1 is 1.05 bits per heavy atom. The van der Waals surface area contributed by atoms with Gasteiger partial charge in [0.1, 0.15) is 16.4 Å². The molecule has 0 N–H and O–H groups in total.